The van der Waals surface area contributed by atoms with Crippen LogP contribution in [0.4, 0.5) is 4.39 Å². The van der Waals surface area contributed by atoms with E-state index in [1.165, 1.54) is 23.8 Å². The summed E-state index contributed by atoms with van der Waals surface area (Å²) >= 11 is 5.92. The number of nitrogens with zero attached hydrogens (tertiary/aromatic N) is 1. The second-order valence-electron chi connectivity index (χ2n) is 6.54. The second-order valence-corrected chi connectivity index (χ2v) is 6.98. The first-order valence-electron chi connectivity index (χ1n) is 8.80. The summed E-state index contributed by atoms with van der Waals surface area (Å²) in [6, 6.07) is 14.5. The molecule has 1 saturated heterocycles. The Balaban J connectivity index is 1.44. The van der Waals surface area contributed by atoms with E-state index < -0.39 is 0 Å². The van der Waals surface area contributed by atoms with Crippen LogP contribution in [0.5, 0.6) is 0 Å². The number of carbonyl (C=O) groups excluding carboxylic acids is 1. The van der Waals surface area contributed by atoms with Gasteiger partial charge in [-0.15, -0.1) is 0 Å². The van der Waals surface area contributed by atoms with Crippen molar-refractivity contribution in [2.75, 3.05) is 13.1 Å². The summed E-state index contributed by atoms with van der Waals surface area (Å²) in [5.74, 6) is -0.503. The first-order valence-corrected chi connectivity index (χ1v) is 9.18. The summed E-state index contributed by atoms with van der Waals surface area (Å²) in [4.78, 5) is 14.4. The lowest BCUT2D eigenvalue weighted by molar-refractivity contribution is -0.117. The Hall–Kier alpha value is -2.17. The molecule has 1 heterocycles. The van der Waals surface area contributed by atoms with Crippen LogP contribution in [0.2, 0.25) is 5.02 Å². The Morgan fingerprint density at radius 1 is 1.15 bits per heavy atom. The van der Waals surface area contributed by atoms with E-state index in [1.807, 2.05) is 24.3 Å². The number of amides is 1. The Morgan fingerprint density at radius 3 is 2.54 bits per heavy atom. The van der Waals surface area contributed by atoms with E-state index in [0.717, 1.165) is 37.5 Å². The maximum atomic E-state index is 13.5. The van der Waals surface area contributed by atoms with Crippen LogP contribution in [-0.4, -0.2) is 29.9 Å². The highest BCUT2D eigenvalue weighted by atomic mass is 35.5. The zero-order chi connectivity index (χ0) is 18.4. The SMILES string of the molecule is O=C(/C=C/c1ccccc1F)NC1CCN(Cc2ccc(Cl)cc2)CC1. The molecule has 0 aromatic heterocycles. The van der Waals surface area contributed by atoms with Crippen molar-refractivity contribution in [3.63, 3.8) is 0 Å². The smallest absolute Gasteiger partial charge is 0.244 e. The maximum Gasteiger partial charge on any atom is 0.244 e. The van der Waals surface area contributed by atoms with E-state index in [1.54, 1.807) is 18.2 Å². The molecule has 0 unspecified atom stereocenters. The Kier molecular flexibility index (Phi) is 6.42. The molecule has 0 atom stereocenters. The van der Waals surface area contributed by atoms with Gasteiger partial charge in [-0.25, -0.2) is 4.39 Å². The van der Waals surface area contributed by atoms with E-state index in [2.05, 4.69) is 10.2 Å². The van der Waals surface area contributed by atoms with Crippen molar-refractivity contribution < 1.29 is 9.18 Å². The summed E-state index contributed by atoms with van der Waals surface area (Å²) in [6.45, 7) is 2.76. The van der Waals surface area contributed by atoms with Crippen LogP contribution in [0.25, 0.3) is 6.08 Å². The zero-order valence-electron chi connectivity index (χ0n) is 14.5. The van der Waals surface area contributed by atoms with Crippen molar-refractivity contribution in [3.8, 4) is 0 Å². The molecule has 3 nitrogen and oxygen atoms in total. The molecule has 2 aromatic rings. The predicted octanol–water partition coefficient (Wildman–Crippen LogP) is 4.27. The van der Waals surface area contributed by atoms with Crippen molar-refractivity contribution in [1.82, 2.24) is 10.2 Å². The number of hydrogen-bond acceptors (Lipinski definition) is 2. The molecule has 136 valence electrons. The molecule has 1 fully saturated rings. The number of carbonyl (C=O) groups is 1. The minimum Gasteiger partial charge on any atom is -0.350 e. The van der Waals surface area contributed by atoms with Gasteiger partial charge in [0.2, 0.25) is 5.91 Å². The van der Waals surface area contributed by atoms with Gasteiger partial charge in [0, 0.05) is 42.3 Å². The highest BCUT2D eigenvalue weighted by Gasteiger charge is 2.20. The number of benzene rings is 2. The summed E-state index contributed by atoms with van der Waals surface area (Å²) in [5, 5.41) is 3.76. The lowest BCUT2D eigenvalue weighted by atomic mass is 10.0. The molecule has 1 N–H and O–H groups in total. The summed E-state index contributed by atoms with van der Waals surface area (Å²) in [5.41, 5.74) is 1.66. The third-order valence-corrected chi connectivity index (χ3v) is 4.82. The number of likely N-dealkylation sites (tertiary alicyclic amines) is 1. The standard InChI is InChI=1S/C21H22ClFN2O/c22-18-8-5-16(6-9-18)15-25-13-11-19(12-14-25)24-21(26)10-7-17-3-1-2-4-20(17)23/h1-10,19H,11-15H2,(H,24,26)/b10-7+. The van der Waals surface area contributed by atoms with Crippen molar-refractivity contribution in [1.29, 1.82) is 0 Å². The van der Waals surface area contributed by atoms with Gasteiger partial charge in [-0.05, 0) is 42.7 Å². The fraction of sp³-hybridized carbons (Fsp3) is 0.286. The van der Waals surface area contributed by atoms with Gasteiger partial charge in [-0.2, -0.15) is 0 Å². The fourth-order valence-corrected chi connectivity index (χ4v) is 3.23. The Labute approximate surface area is 158 Å². The van der Waals surface area contributed by atoms with Crippen LogP contribution in [0.15, 0.2) is 54.6 Å². The van der Waals surface area contributed by atoms with E-state index in [9.17, 15) is 9.18 Å². The lowest BCUT2D eigenvalue weighted by Crippen LogP contribution is -2.43. The van der Waals surface area contributed by atoms with E-state index >= 15 is 0 Å². The van der Waals surface area contributed by atoms with Gasteiger partial charge in [0.15, 0.2) is 0 Å². The van der Waals surface area contributed by atoms with Crippen LogP contribution in [0.3, 0.4) is 0 Å². The summed E-state index contributed by atoms with van der Waals surface area (Å²) in [7, 11) is 0. The molecular weight excluding hydrogens is 351 g/mol. The number of nitrogens with one attached hydrogen (secondary N) is 1. The molecule has 0 radical (unpaired) electrons. The van der Waals surface area contributed by atoms with Gasteiger partial charge < -0.3 is 5.32 Å². The Morgan fingerprint density at radius 2 is 1.85 bits per heavy atom. The summed E-state index contributed by atoms with van der Waals surface area (Å²) < 4.78 is 13.5. The predicted molar refractivity (Wildman–Crippen MR) is 103 cm³/mol. The third-order valence-electron chi connectivity index (χ3n) is 4.57. The molecule has 0 saturated carbocycles. The minimum absolute atomic E-state index is 0.161. The molecule has 1 aliphatic heterocycles. The monoisotopic (exact) mass is 372 g/mol. The number of hydrogen-bond donors (Lipinski definition) is 1. The first kappa shape index (κ1) is 18.6. The van der Waals surface area contributed by atoms with Crippen molar-refractivity contribution in [2.24, 2.45) is 0 Å². The van der Waals surface area contributed by atoms with Crippen molar-refractivity contribution in [2.45, 2.75) is 25.4 Å². The number of rotatable bonds is 5. The fourth-order valence-electron chi connectivity index (χ4n) is 3.11. The van der Waals surface area contributed by atoms with E-state index in [0.29, 0.717) is 5.56 Å². The quantitative estimate of drug-likeness (QED) is 0.795. The molecule has 0 bridgehead atoms. The van der Waals surface area contributed by atoms with Crippen molar-refractivity contribution >= 4 is 23.6 Å². The highest BCUT2D eigenvalue weighted by molar-refractivity contribution is 6.30. The normalized spacial score (nSPS) is 16.1. The zero-order valence-corrected chi connectivity index (χ0v) is 15.3. The van der Waals surface area contributed by atoms with E-state index in [4.69, 9.17) is 11.6 Å². The molecule has 1 aliphatic rings. The van der Waals surface area contributed by atoms with E-state index in [-0.39, 0.29) is 17.8 Å². The van der Waals surface area contributed by atoms with Crippen molar-refractivity contribution in [3.05, 3.63) is 76.6 Å². The summed E-state index contributed by atoms with van der Waals surface area (Å²) in [6.07, 6.45) is 4.73. The van der Waals surface area contributed by atoms with Gasteiger partial charge in [-0.3, -0.25) is 9.69 Å². The average Bonchev–Trinajstić information content (AvgIpc) is 2.64. The molecule has 26 heavy (non-hydrogen) atoms. The maximum absolute atomic E-state index is 13.5. The number of piperidine rings is 1. The average molecular weight is 373 g/mol. The molecular formula is C21H22ClFN2O. The van der Waals surface area contributed by atoms with Gasteiger partial charge in [-0.1, -0.05) is 41.9 Å². The van der Waals surface area contributed by atoms with Crippen LogP contribution in [-0.2, 0) is 11.3 Å². The van der Waals surface area contributed by atoms with Crippen LogP contribution in [0.1, 0.15) is 24.0 Å². The first-order chi connectivity index (χ1) is 12.6. The highest BCUT2D eigenvalue weighted by Crippen LogP contribution is 2.16. The largest absolute Gasteiger partial charge is 0.350 e. The van der Waals surface area contributed by atoms with Crippen LogP contribution in [0, 0.1) is 5.82 Å². The molecule has 3 rings (SSSR count). The third kappa shape index (κ3) is 5.41. The Bertz CT molecular complexity index is 768. The lowest BCUT2D eigenvalue weighted by Gasteiger charge is -2.32. The molecule has 5 heteroatoms. The second kappa shape index (κ2) is 8.97. The van der Waals surface area contributed by atoms with Gasteiger partial charge in [0.25, 0.3) is 0 Å². The molecule has 0 spiro atoms. The minimum atomic E-state index is -0.327. The molecule has 0 aliphatic carbocycles. The molecule has 1 amide bonds. The van der Waals surface area contributed by atoms with Crippen LogP contribution >= 0.6 is 11.6 Å². The number of halogens is 2. The van der Waals surface area contributed by atoms with Gasteiger partial charge >= 0.3 is 0 Å². The van der Waals surface area contributed by atoms with Crippen LogP contribution < -0.4 is 5.32 Å². The molecule has 2 aromatic carbocycles. The topological polar surface area (TPSA) is 32.3 Å². The van der Waals surface area contributed by atoms with Gasteiger partial charge in [0.1, 0.15) is 5.82 Å². The van der Waals surface area contributed by atoms with Gasteiger partial charge in [0.05, 0.1) is 0 Å².